The van der Waals surface area contributed by atoms with Crippen molar-refractivity contribution < 1.29 is 4.79 Å². The van der Waals surface area contributed by atoms with Crippen LogP contribution in [0.5, 0.6) is 0 Å². The van der Waals surface area contributed by atoms with Gasteiger partial charge in [0.25, 0.3) is 0 Å². The number of rotatable bonds is 1. The van der Waals surface area contributed by atoms with Gasteiger partial charge in [-0.05, 0) is 19.1 Å². The lowest BCUT2D eigenvalue weighted by atomic mass is 10.3. The molecule has 1 rings (SSSR count). The minimum absolute atomic E-state index is 0.154. The van der Waals surface area contributed by atoms with E-state index in [4.69, 9.17) is 23.8 Å². The Labute approximate surface area is 73.4 Å². The molecule has 0 fully saturated rings. The van der Waals surface area contributed by atoms with Gasteiger partial charge in [0.05, 0.1) is 5.56 Å². The van der Waals surface area contributed by atoms with Gasteiger partial charge >= 0.3 is 0 Å². The molecule has 1 N–H and O–H groups in total. The fourth-order valence-electron chi connectivity index (χ4n) is 0.697. The summed E-state index contributed by atoms with van der Waals surface area (Å²) in [7, 11) is 0. The summed E-state index contributed by atoms with van der Waals surface area (Å²) in [5.41, 5.74) is 1.00. The van der Waals surface area contributed by atoms with Crippen LogP contribution in [-0.2, 0) is 0 Å². The molecule has 0 aromatic carbocycles. The molecule has 0 saturated heterocycles. The minimum Gasteiger partial charge on any atom is -0.334 e. The summed E-state index contributed by atoms with van der Waals surface area (Å²) >= 11 is 10.3. The van der Waals surface area contributed by atoms with Gasteiger partial charge in [-0.25, -0.2) is 4.98 Å². The van der Waals surface area contributed by atoms with Crippen molar-refractivity contribution in [3.05, 3.63) is 21.2 Å². The van der Waals surface area contributed by atoms with E-state index in [1.165, 1.54) is 0 Å². The molecule has 0 radical (unpaired) electrons. The van der Waals surface area contributed by atoms with E-state index in [1.807, 2.05) is 0 Å². The fraction of sp³-hybridized carbons (Fsp3) is 0.167. The van der Waals surface area contributed by atoms with E-state index < -0.39 is 0 Å². The molecule has 0 spiro atoms. The Balaban J connectivity index is 3.48. The molecule has 11 heavy (non-hydrogen) atoms. The van der Waals surface area contributed by atoms with Crippen LogP contribution in [0.2, 0.25) is 5.15 Å². The highest BCUT2D eigenvalue weighted by atomic mass is 35.5. The number of carbonyl (C=O) groups is 1. The second-order valence-corrected chi connectivity index (χ2v) is 2.73. The molecule has 1 aromatic rings. The first-order chi connectivity index (χ1) is 5.15. The number of hydrogen-bond acceptors (Lipinski definition) is 3. The third-order valence-corrected chi connectivity index (χ3v) is 1.72. The second kappa shape index (κ2) is 3.11. The number of carbonyl (C=O) groups excluding carboxylic acids is 1. The van der Waals surface area contributed by atoms with Crippen LogP contribution in [-0.4, -0.2) is 16.3 Å². The van der Waals surface area contributed by atoms with Gasteiger partial charge in [-0.15, -0.1) is 0 Å². The molecule has 0 aliphatic rings. The normalized spacial score (nSPS) is 9.64. The Hall–Kier alpha value is -0.740. The summed E-state index contributed by atoms with van der Waals surface area (Å²) in [6, 6.07) is 0. The van der Waals surface area contributed by atoms with Crippen molar-refractivity contribution in [2.45, 2.75) is 6.92 Å². The zero-order chi connectivity index (χ0) is 8.43. The maximum absolute atomic E-state index is 10.4. The molecular formula is C6H5ClN2OS. The molecule has 0 unspecified atom stereocenters. The number of aldehydes is 1. The monoisotopic (exact) mass is 188 g/mol. The molecule has 0 atom stereocenters. The molecule has 0 bridgehead atoms. The Kier molecular flexibility index (Phi) is 2.36. The van der Waals surface area contributed by atoms with Crippen LogP contribution in [0.1, 0.15) is 16.1 Å². The van der Waals surface area contributed by atoms with Gasteiger partial charge in [-0.1, -0.05) is 11.6 Å². The lowest BCUT2D eigenvalue weighted by Crippen LogP contribution is -1.95. The molecule has 0 aliphatic heterocycles. The number of nitrogens with one attached hydrogen (secondary N) is 1. The summed E-state index contributed by atoms with van der Waals surface area (Å²) in [6.45, 7) is 1.72. The summed E-state index contributed by atoms with van der Waals surface area (Å²) in [4.78, 5) is 16.8. The zero-order valence-corrected chi connectivity index (χ0v) is 7.29. The SMILES string of the molecule is Cc1[nH]c(=S)nc(Cl)c1C=O. The van der Waals surface area contributed by atoms with Crippen molar-refractivity contribution in [3.8, 4) is 0 Å². The van der Waals surface area contributed by atoms with Crippen molar-refractivity contribution in [1.82, 2.24) is 9.97 Å². The molecule has 1 heterocycles. The smallest absolute Gasteiger partial charge is 0.198 e. The first-order valence-corrected chi connectivity index (χ1v) is 3.65. The van der Waals surface area contributed by atoms with Crippen LogP contribution in [0.25, 0.3) is 0 Å². The van der Waals surface area contributed by atoms with Gasteiger partial charge in [0.15, 0.2) is 11.1 Å². The number of aromatic amines is 1. The highest BCUT2D eigenvalue weighted by molar-refractivity contribution is 7.71. The van der Waals surface area contributed by atoms with E-state index in [2.05, 4.69) is 9.97 Å². The van der Waals surface area contributed by atoms with Crippen molar-refractivity contribution in [2.75, 3.05) is 0 Å². The van der Waals surface area contributed by atoms with Crippen molar-refractivity contribution >= 4 is 30.1 Å². The highest BCUT2D eigenvalue weighted by Crippen LogP contribution is 2.11. The molecule has 0 amide bonds. The number of H-pyrrole nitrogens is 1. The Morgan fingerprint density at radius 3 is 2.82 bits per heavy atom. The zero-order valence-electron chi connectivity index (χ0n) is 5.72. The van der Waals surface area contributed by atoms with E-state index in [-0.39, 0.29) is 9.92 Å². The molecular weight excluding hydrogens is 184 g/mol. The molecule has 58 valence electrons. The average molecular weight is 189 g/mol. The minimum atomic E-state index is 0.154. The van der Waals surface area contributed by atoms with Gasteiger partial charge in [0.1, 0.15) is 5.15 Å². The first-order valence-electron chi connectivity index (χ1n) is 2.86. The van der Waals surface area contributed by atoms with Crippen molar-refractivity contribution in [3.63, 3.8) is 0 Å². The molecule has 5 heteroatoms. The van der Waals surface area contributed by atoms with E-state index >= 15 is 0 Å². The van der Waals surface area contributed by atoms with Gasteiger partial charge in [0, 0.05) is 5.69 Å². The van der Waals surface area contributed by atoms with Crippen LogP contribution in [0.3, 0.4) is 0 Å². The Morgan fingerprint density at radius 1 is 1.73 bits per heavy atom. The molecule has 1 aromatic heterocycles. The Bertz CT molecular complexity index is 321. The molecule has 0 saturated carbocycles. The lowest BCUT2D eigenvalue weighted by molar-refractivity contribution is 0.112. The summed E-state index contributed by atoms with van der Waals surface area (Å²) < 4.78 is 0.290. The number of aromatic nitrogens is 2. The number of hydrogen-bond donors (Lipinski definition) is 1. The van der Waals surface area contributed by atoms with Gasteiger partial charge in [-0.3, -0.25) is 4.79 Å². The van der Waals surface area contributed by atoms with E-state index in [1.54, 1.807) is 6.92 Å². The van der Waals surface area contributed by atoms with Crippen LogP contribution in [0, 0.1) is 11.7 Å². The average Bonchev–Trinajstić information content (AvgIpc) is 1.85. The van der Waals surface area contributed by atoms with Crippen LogP contribution in [0.4, 0.5) is 0 Å². The van der Waals surface area contributed by atoms with Crippen molar-refractivity contribution in [1.29, 1.82) is 0 Å². The third kappa shape index (κ3) is 1.64. The van der Waals surface area contributed by atoms with Crippen LogP contribution in [0.15, 0.2) is 0 Å². The van der Waals surface area contributed by atoms with E-state index in [0.717, 1.165) is 0 Å². The fourth-order valence-corrected chi connectivity index (χ4v) is 1.26. The lowest BCUT2D eigenvalue weighted by Gasteiger charge is -1.98. The quantitative estimate of drug-likeness (QED) is 0.416. The summed E-state index contributed by atoms with van der Waals surface area (Å²) in [6.07, 6.45) is 0.649. The van der Waals surface area contributed by atoms with E-state index in [0.29, 0.717) is 17.5 Å². The molecule has 3 nitrogen and oxygen atoms in total. The third-order valence-electron chi connectivity index (χ3n) is 1.24. The summed E-state index contributed by atoms with van der Waals surface area (Å²) in [5, 5.41) is 0.154. The maximum Gasteiger partial charge on any atom is 0.198 e. The number of nitrogens with zero attached hydrogens (tertiary/aromatic N) is 1. The first kappa shape index (κ1) is 8.36. The van der Waals surface area contributed by atoms with Crippen molar-refractivity contribution in [2.24, 2.45) is 0 Å². The predicted octanol–water partition coefficient (Wildman–Crippen LogP) is 1.91. The van der Waals surface area contributed by atoms with E-state index in [9.17, 15) is 4.79 Å². The highest BCUT2D eigenvalue weighted by Gasteiger charge is 2.03. The predicted molar refractivity (Wildman–Crippen MR) is 44.6 cm³/mol. The largest absolute Gasteiger partial charge is 0.334 e. The van der Waals surface area contributed by atoms with Gasteiger partial charge in [-0.2, -0.15) is 0 Å². The van der Waals surface area contributed by atoms with Crippen LogP contribution < -0.4 is 0 Å². The topological polar surface area (TPSA) is 45.8 Å². The molecule has 0 aliphatic carbocycles. The van der Waals surface area contributed by atoms with Gasteiger partial charge < -0.3 is 4.98 Å². The second-order valence-electron chi connectivity index (χ2n) is 1.99. The Morgan fingerprint density at radius 2 is 2.36 bits per heavy atom. The summed E-state index contributed by atoms with van der Waals surface area (Å²) in [5.74, 6) is 0. The number of halogens is 1. The maximum atomic E-state index is 10.4. The van der Waals surface area contributed by atoms with Gasteiger partial charge in [0.2, 0.25) is 0 Å². The standard InChI is InChI=1S/C6H5ClN2OS/c1-3-4(2-10)5(7)9-6(11)8-3/h2H,1H3,(H,8,9,11). The number of aryl methyl sites for hydroxylation is 1. The van der Waals surface area contributed by atoms with Crippen LogP contribution >= 0.6 is 23.8 Å².